The number of amides is 1. The number of rotatable bonds is 4. The Bertz CT molecular complexity index is 105. The Morgan fingerprint density at radius 3 is 2.89 bits per heavy atom. The zero-order chi connectivity index (χ0) is 7.11. The van der Waals surface area contributed by atoms with Crippen LogP contribution in [-0.2, 0) is 9.59 Å². The first-order valence-electron chi connectivity index (χ1n) is 2.57. The van der Waals surface area contributed by atoms with Gasteiger partial charge in [-0.05, 0) is 0 Å². The summed E-state index contributed by atoms with van der Waals surface area (Å²) < 4.78 is 0. The number of hydrogen-bond donors (Lipinski definition) is 1. The first-order chi connectivity index (χ1) is 4.27. The summed E-state index contributed by atoms with van der Waals surface area (Å²) in [5.74, 6) is 0.661. The van der Waals surface area contributed by atoms with Gasteiger partial charge in [-0.3, -0.25) is 9.59 Å². The van der Waals surface area contributed by atoms with Crippen LogP contribution in [0.25, 0.3) is 0 Å². The molecule has 0 fully saturated rings. The van der Waals surface area contributed by atoms with Crippen LogP contribution in [0.15, 0.2) is 0 Å². The van der Waals surface area contributed by atoms with Crippen molar-refractivity contribution >= 4 is 23.3 Å². The third kappa shape index (κ3) is 7.49. The first kappa shape index (κ1) is 8.49. The zero-order valence-corrected chi connectivity index (χ0v) is 6.03. The minimum absolute atomic E-state index is 0.0858. The zero-order valence-electron chi connectivity index (χ0n) is 5.22. The van der Waals surface area contributed by atoms with E-state index in [1.165, 1.54) is 18.7 Å². The lowest BCUT2D eigenvalue weighted by molar-refractivity contribution is -0.110. The molecule has 0 radical (unpaired) electrons. The summed E-state index contributed by atoms with van der Waals surface area (Å²) in [5, 5.41) is 2.54. The maximum Gasteiger partial charge on any atom is 0.207 e. The maximum atomic E-state index is 10.3. The molecule has 0 aliphatic carbocycles. The number of hydrogen-bond acceptors (Lipinski definition) is 3. The van der Waals surface area contributed by atoms with Gasteiger partial charge in [0.15, 0.2) is 5.12 Å². The molecule has 0 aliphatic rings. The van der Waals surface area contributed by atoms with Crippen molar-refractivity contribution in [2.24, 2.45) is 0 Å². The summed E-state index contributed by atoms with van der Waals surface area (Å²) in [6.07, 6.45) is 0.626. The van der Waals surface area contributed by atoms with E-state index in [0.29, 0.717) is 18.7 Å². The van der Waals surface area contributed by atoms with Crippen molar-refractivity contribution in [3.05, 3.63) is 0 Å². The van der Waals surface area contributed by atoms with Gasteiger partial charge in [0.1, 0.15) is 0 Å². The van der Waals surface area contributed by atoms with E-state index in [1.807, 2.05) is 0 Å². The lowest BCUT2D eigenvalue weighted by Gasteiger charge is -1.93. The van der Waals surface area contributed by atoms with E-state index in [4.69, 9.17) is 0 Å². The van der Waals surface area contributed by atoms with Crippen molar-refractivity contribution in [1.29, 1.82) is 0 Å². The van der Waals surface area contributed by atoms with Crippen LogP contribution in [0.5, 0.6) is 0 Å². The van der Waals surface area contributed by atoms with Gasteiger partial charge in [0, 0.05) is 19.2 Å². The third-order valence-electron chi connectivity index (χ3n) is 0.635. The normalized spacial score (nSPS) is 8.56. The Hall–Kier alpha value is -0.510. The topological polar surface area (TPSA) is 46.2 Å². The molecule has 52 valence electrons. The van der Waals surface area contributed by atoms with Gasteiger partial charge in [-0.2, -0.15) is 0 Å². The van der Waals surface area contributed by atoms with Crippen molar-refractivity contribution in [3.63, 3.8) is 0 Å². The molecule has 0 atom stereocenters. The average molecular weight is 147 g/mol. The Morgan fingerprint density at radius 1 is 1.78 bits per heavy atom. The van der Waals surface area contributed by atoms with Crippen molar-refractivity contribution in [2.45, 2.75) is 6.92 Å². The SMILES string of the molecule is CC(=O)SCCNC=O. The van der Waals surface area contributed by atoms with Gasteiger partial charge in [-0.1, -0.05) is 11.8 Å². The second-order valence-electron chi connectivity index (χ2n) is 1.41. The highest BCUT2D eigenvalue weighted by molar-refractivity contribution is 8.13. The summed E-state index contributed by atoms with van der Waals surface area (Å²) >= 11 is 1.21. The van der Waals surface area contributed by atoms with Crippen molar-refractivity contribution < 1.29 is 9.59 Å². The molecule has 0 heterocycles. The van der Waals surface area contributed by atoms with E-state index < -0.39 is 0 Å². The molecule has 0 bridgehead atoms. The number of carbonyl (C=O) groups excluding carboxylic acids is 2. The van der Waals surface area contributed by atoms with Crippen LogP contribution in [0, 0.1) is 0 Å². The molecule has 0 saturated heterocycles. The molecule has 0 aromatic heterocycles. The molecule has 0 aliphatic heterocycles. The standard InChI is InChI=1S/C5H9NO2S/c1-5(8)9-3-2-6-4-7/h4H,2-3H2,1H3,(H,6,7). The van der Waals surface area contributed by atoms with Crippen LogP contribution in [0.2, 0.25) is 0 Å². The summed E-state index contributed by atoms with van der Waals surface area (Å²) in [6.45, 7) is 2.07. The Balaban J connectivity index is 2.91. The molecule has 3 nitrogen and oxygen atoms in total. The predicted octanol–water partition coefficient (Wildman–Crippen LogP) is 0.0121. The van der Waals surface area contributed by atoms with Crippen molar-refractivity contribution in [3.8, 4) is 0 Å². The minimum Gasteiger partial charge on any atom is -0.358 e. The van der Waals surface area contributed by atoms with Crippen LogP contribution in [0.4, 0.5) is 0 Å². The molecule has 0 rings (SSSR count). The number of carbonyl (C=O) groups is 2. The number of thioether (sulfide) groups is 1. The fraction of sp³-hybridized carbons (Fsp3) is 0.600. The first-order valence-corrected chi connectivity index (χ1v) is 3.56. The lowest BCUT2D eigenvalue weighted by Crippen LogP contribution is -2.14. The highest BCUT2D eigenvalue weighted by Gasteiger charge is 1.90. The van der Waals surface area contributed by atoms with Crippen molar-refractivity contribution in [1.82, 2.24) is 5.32 Å². The molecular formula is C5H9NO2S. The van der Waals surface area contributed by atoms with Gasteiger partial charge >= 0.3 is 0 Å². The van der Waals surface area contributed by atoms with Gasteiger partial charge in [-0.15, -0.1) is 0 Å². The Labute approximate surface area is 58.2 Å². The molecule has 0 saturated carbocycles. The van der Waals surface area contributed by atoms with Crippen LogP contribution >= 0.6 is 11.8 Å². The second-order valence-corrected chi connectivity index (χ2v) is 2.68. The van der Waals surface area contributed by atoms with Gasteiger partial charge in [0.25, 0.3) is 0 Å². The molecular weight excluding hydrogens is 138 g/mol. The molecule has 0 unspecified atom stereocenters. The fourth-order valence-electron chi connectivity index (χ4n) is 0.313. The largest absolute Gasteiger partial charge is 0.358 e. The highest BCUT2D eigenvalue weighted by atomic mass is 32.2. The van der Waals surface area contributed by atoms with E-state index in [2.05, 4.69) is 5.32 Å². The van der Waals surface area contributed by atoms with Crippen LogP contribution in [-0.4, -0.2) is 23.8 Å². The van der Waals surface area contributed by atoms with Gasteiger partial charge in [0.2, 0.25) is 6.41 Å². The quantitative estimate of drug-likeness (QED) is 0.450. The van der Waals surface area contributed by atoms with E-state index in [9.17, 15) is 9.59 Å². The predicted molar refractivity (Wildman–Crippen MR) is 37.2 cm³/mol. The molecule has 1 amide bonds. The summed E-state index contributed by atoms with van der Waals surface area (Å²) in [5.41, 5.74) is 0. The molecule has 0 spiro atoms. The highest BCUT2D eigenvalue weighted by Crippen LogP contribution is 1.97. The fourth-order valence-corrected chi connectivity index (χ4v) is 0.820. The van der Waals surface area contributed by atoms with E-state index in [1.54, 1.807) is 0 Å². The minimum atomic E-state index is 0.0858. The number of nitrogens with one attached hydrogen (secondary N) is 1. The Kier molecular flexibility index (Phi) is 5.30. The lowest BCUT2D eigenvalue weighted by atomic mass is 10.8. The van der Waals surface area contributed by atoms with E-state index >= 15 is 0 Å². The molecule has 1 N–H and O–H groups in total. The molecule has 4 heteroatoms. The van der Waals surface area contributed by atoms with Crippen LogP contribution < -0.4 is 5.32 Å². The van der Waals surface area contributed by atoms with E-state index in [0.717, 1.165) is 0 Å². The Morgan fingerprint density at radius 2 is 2.44 bits per heavy atom. The summed E-state index contributed by atoms with van der Waals surface area (Å²) in [6, 6.07) is 0. The maximum absolute atomic E-state index is 10.3. The van der Waals surface area contributed by atoms with Gasteiger partial charge in [0.05, 0.1) is 0 Å². The van der Waals surface area contributed by atoms with Crippen LogP contribution in [0.1, 0.15) is 6.92 Å². The van der Waals surface area contributed by atoms with Gasteiger partial charge in [-0.25, -0.2) is 0 Å². The molecule has 0 aromatic rings. The van der Waals surface area contributed by atoms with Gasteiger partial charge < -0.3 is 5.32 Å². The van der Waals surface area contributed by atoms with Crippen molar-refractivity contribution in [2.75, 3.05) is 12.3 Å². The second kappa shape index (κ2) is 5.62. The summed E-state index contributed by atoms with van der Waals surface area (Å²) in [7, 11) is 0. The smallest absolute Gasteiger partial charge is 0.207 e. The molecule has 0 aromatic carbocycles. The van der Waals surface area contributed by atoms with Crippen LogP contribution in [0.3, 0.4) is 0 Å². The summed E-state index contributed by atoms with van der Waals surface area (Å²) in [4.78, 5) is 19.9. The van der Waals surface area contributed by atoms with E-state index in [-0.39, 0.29) is 5.12 Å². The molecule has 9 heavy (non-hydrogen) atoms. The average Bonchev–Trinajstić information content (AvgIpc) is 1.80. The monoisotopic (exact) mass is 147 g/mol. The third-order valence-corrected chi connectivity index (χ3v) is 1.45.